The summed E-state index contributed by atoms with van der Waals surface area (Å²) in [6, 6.07) is 13.6. The summed E-state index contributed by atoms with van der Waals surface area (Å²) in [7, 11) is 0. The summed E-state index contributed by atoms with van der Waals surface area (Å²) < 4.78 is 0. The number of carbonyl (C=O) groups excluding carboxylic acids is 1. The lowest BCUT2D eigenvalue weighted by Crippen LogP contribution is -2.12. The van der Waals surface area contributed by atoms with E-state index < -0.39 is 0 Å². The number of pyridine rings is 1. The summed E-state index contributed by atoms with van der Waals surface area (Å²) in [4.78, 5) is 16.1. The predicted molar refractivity (Wildman–Crippen MR) is 87.8 cm³/mol. The van der Waals surface area contributed by atoms with Crippen LogP contribution in [0.3, 0.4) is 0 Å². The lowest BCUT2D eigenvalue weighted by molar-refractivity contribution is -0.116. The molecular weight excluding hydrogens is 278 g/mol. The Bertz CT molecular complexity index is 570. The number of benzene rings is 1. The van der Waals surface area contributed by atoms with Crippen LogP contribution < -0.4 is 10.6 Å². The first kappa shape index (κ1) is 16.0. The molecule has 1 amide bonds. The largest absolute Gasteiger partial charge is 0.396 e. The number of aliphatic hydroxyl groups excluding tert-OH is 1. The van der Waals surface area contributed by atoms with E-state index in [1.165, 1.54) is 0 Å². The maximum absolute atomic E-state index is 11.9. The SMILES string of the molecule is O=C(CCc1ccccc1)Nc1ccc(NCCCO)nc1. The van der Waals surface area contributed by atoms with Crippen molar-refractivity contribution in [2.45, 2.75) is 19.3 Å². The molecule has 0 spiro atoms. The molecule has 0 aliphatic rings. The van der Waals surface area contributed by atoms with Crippen molar-refractivity contribution in [2.24, 2.45) is 0 Å². The van der Waals surface area contributed by atoms with Crippen LogP contribution in [0.4, 0.5) is 11.5 Å². The van der Waals surface area contributed by atoms with Crippen molar-refractivity contribution in [1.82, 2.24) is 4.98 Å². The Labute approximate surface area is 130 Å². The molecule has 116 valence electrons. The van der Waals surface area contributed by atoms with Crippen LogP contribution in [0.25, 0.3) is 0 Å². The Morgan fingerprint density at radius 3 is 2.64 bits per heavy atom. The van der Waals surface area contributed by atoms with Gasteiger partial charge in [0.2, 0.25) is 5.91 Å². The summed E-state index contributed by atoms with van der Waals surface area (Å²) in [5.41, 5.74) is 1.84. The van der Waals surface area contributed by atoms with Gasteiger partial charge in [-0.3, -0.25) is 4.79 Å². The first-order valence-corrected chi connectivity index (χ1v) is 7.42. The van der Waals surface area contributed by atoms with Crippen LogP contribution in [0.5, 0.6) is 0 Å². The molecule has 3 N–H and O–H groups in total. The molecule has 1 heterocycles. The van der Waals surface area contributed by atoms with Gasteiger partial charge in [0.1, 0.15) is 5.82 Å². The van der Waals surface area contributed by atoms with Gasteiger partial charge in [-0.1, -0.05) is 30.3 Å². The molecule has 5 nitrogen and oxygen atoms in total. The number of aryl methyl sites for hydroxylation is 1. The van der Waals surface area contributed by atoms with E-state index in [2.05, 4.69) is 15.6 Å². The molecule has 1 aromatic carbocycles. The molecule has 0 saturated heterocycles. The molecule has 0 saturated carbocycles. The van der Waals surface area contributed by atoms with Crippen LogP contribution in [0.1, 0.15) is 18.4 Å². The van der Waals surface area contributed by atoms with Crippen LogP contribution >= 0.6 is 0 Å². The Kier molecular flexibility index (Phi) is 6.39. The Morgan fingerprint density at radius 1 is 1.14 bits per heavy atom. The fraction of sp³-hybridized carbons (Fsp3) is 0.294. The van der Waals surface area contributed by atoms with Crippen molar-refractivity contribution in [1.29, 1.82) is 0 Å². The van der Waals surface area contributed by atoms with Gasteiger partial charge >= 0.3 is 0 Å². The van der Waals surface area contributed by atoms with Crippen LogP contribution in [0, 0.1) is 0 Å². The molecule has 0 unspecified atom stereocenters. The van der Waals surface area contributed by atoms with Crippen molar-refractivity contribution in [3.63, 3.8) is 0 Å². The van der Waals surface area contributed by atoms with Crippen LogP contribution in [0.2, 0.25) is 0 Å². The molecule has 2 aromatic rings. The Balaban J connectivity index is 1.76. The second kappa shape index (κ2) is 8.79. The third kappa shape index (κ3) is 5.54. The van der Waals surface area contributed by atoms with Crippen molar-refractivity contribution < 1.29 is 9.90 Å². The van der Waals surface area contributed by atoms with E-state index >= 15 is 0 Å². The number of carbonyl (C=O) groups is 1. The number of hydrogen-bond donors (Lipinski definition) is 3. The maximum Gasteiger partial charge on any atom is 0.224 e. The van der Waals surface area contributed by atoms with Crippen LogP contribution in [-0.2, 0) is 11.2 Å². The van der Waals surface area contributed by atoms with Gasteiger partial charge in [-0.2, -0.15) is 0 Å². The second-order valence-electron chi connectivity index (χ2n) is 4.97. The molecule has 0 atom stereocenters. The molecule has 5 heteroatoms. The first-order chi connectivity index (χ1) is 10.8. The van der Waals surface area contributed by atoms with Crippen molar-refractivity contribution in [3.8, 4) is 0 Å². The van der Waals surface area contributed by atoms with E-state index in [0.717, 1.165) is 17.8 Å². The van der Waals surface area contributed by atoms with E-state index in [1.54, 1.807) is 6.20 Å². The highest BCUT2D eigenvalue weighted by Gasteiger charge is 2.03. The van der Waals surface area contributed by atoms with Crippen molar-refractivity contribution in [2.75, 3.05) is 23.8 Å². The van der Waals surface area contributed by atoms with Gasteiger partial charge in [0.05, 0.1) is 11.9 Å². The second-order valence-corrected chi connectivity index (χ2v) is 4.97. The quantitative estimate of drug-likeness (QED) is 0.655. The summed E-state index contributed by atoms with van der Waals surface area (Å²) in [6.45, 7) is 0.828. The number of amides is 1. The third-order valence-corrected chi connectivity index (χ3v) is 3.17. The standard InChI is InChI=1S/C17H21N3O2/c21-12-4-11-18-16-9-8-15(13-19-16)20-17(22)10-7-14-5-2-1-3-6-14/h1-3,5-6,8-9,13,21H,4,7,10-12H2,(H,18,19)(H,20,22). The molecule has 0 aliphatic heterocycles. The molecule has 2 rings (SSSR count). The lowest BCUT2D eigenvalue weighted by atomic mass is 10.1. The number of nitrogens with one attached hydrogen (secondary N) is 2. The predicted octanol–water partition coefficient (Wildman–Crippen LogP) is 2.45. The average molecular weight is 299 g/mol. The zero-order chi connectivity index (χ0) is 15.6. The van der Waals surface area contributed by atoms with Crippen LogP contribution in [0.15, 0.2) is 48.7 Å². The summed E-state index contributed by atoms with van der Waals surface area (Å²) >= 11 is 0. The van der Waals surface area contributed by atoms with Crippen molar-refractivity contribution in [3.05, 3.63) is 54.2 Å². The van der Waals surface area contributed by atoms with Gasteiger partial charge in [0.25, 0.3) is 0 Å². The average Bonchev–Trinajstić information content (AvgIpc) is 2.56. The monoisotopic (exact) mass is 299 g/mol. The number of anilines is 2. The van der Waals surface area contributed by atoms with Crippen LogP contribution in [-0.4, -0.2) is 29.1 Å². The molecule has 0 radical (unpaired) electrons. The van der Waals surface area contributed by atoms with Crippen molar-refractivity contribution >= 4 is 17.4 Å². The fourth-order valence-electron chi connectivity index (χ4n) is 1.99. The van der Waals surface area contributed by atoms with Gasteiger partial charge in [0.15, 0.2) is 0 Å². The van der Waals surface area contributed by atoms with E-state index in [4.69, 9.17) is 5.11 Å². The molecule has 22 heavy (non-hydrogen) atoms. The topological polar surface area (TPSA) is 74.2 Å². The summed E-state index contributed by atoms with van der Waals surface area (Å²) in [6.07, 6.45) is 3.47. The van der Waals surface area contributed by atoms with Gasteiger partial charge in [-0.05, 0) is 30.5 Å². The minimum absolute atomic E-state index is 0.0216. The lowest BCUT2D eigenvalue weighted by Gasteiger charge is -2.07. The Hall–Kier alpha value is -2.40. The van der Waals surface area contributed by atoms with E-state index in [9.17, 15) is 4.79 Å². The highest BCUT2D eigenvalue weighted by molar-refractivity contribution is 5.90. The smallest absolute Gasteiger partial charge is 0.224 e. The first-order valence-electron chi connectivity index (χ1n) is 7.42. The molecule has 0 fully saturated rings. The zero-order valence-electron chi connectivity index (χ0n) is 12.5. The minimum Gasteiger partial charge on any atom is -0.396 e. The third-order valence-electron chi connectivity index (χ3n) is 3.17. The maximum atomic E-state index is 11.9. The van der Waals surface area contributed by atoms with E-state index in [0.29, 0.717) is 25.1 Å². The zero-order valence-corrected chi connectivity index (χ0v) is 12.5. The number of aliphatic hydroxyl groups is 1. The number of rotatable bonds is 8. The van der Waals surface area contributed by atoms with Gasteiger partial charge in [-0.15, -0.1) is 0 Å². The minimum atomic E-state index is -0.0216. The van der Waals surface area contributed by atoms with E-state index in [1.807, 2.05) is 42.5 Å². The molecule has 1 aromatic heterocycles. The Morgan fingerprint density at radius 2 is 1.95 bits per heavy atom. The normalized spacial score (nSPS) is 10.2. The molecule has 0 bridgehead atoms. The summed E-state index contributed by atoms with van der Waals surface area (Å²) in [5, 5.41) is 14.6. The van der Waals surface area contributed by atoms with Gasteiger partial charge in [0, 0.05) is 19.6 Å². The van der Waals surface area contributed by atoms with Gasteiger partial charge < -0.3 is 15.7 Å². The highest BCUT2D eigenvalue weighted by atomic mass is 16.3. The van der Waals surface area contributed by atoms with E-state index in [-0.39, 0.29) is 12.5 Å². The molecular formula is C17H21N3O2. The number of nitrogens with zero attached hydrogens (tertiary/aromatic N) is 1. The number of hydrogen-bond acceptors (Lipinski definition) is 4. The molecule has 0 aliphatic carbocycles. The number of aromatic nitrogens is 1. The van der Waals surface area contributed by atoms with Gasteiger partial charge in [-0.25, -0.2) is 4.98 Å². The fourth-order valence-corrected chi connectivity index (χ4v) is 1.99. The highest BCUT2D eigenvalue weighted by Crippen LogP contribution is 2.11. The summed E-state index contributed by atoms with van der Waals surface area (Å²) in [5.74, 6) is 0.711.